The highest BCUT2D eigenvalue weighted by molar-refractivity contribution is 7.89. The molecule has 0 aliphatic rings. The van der Waals surface area contributed by atoms with Crippen LogP contribution in [0.25, 0.3) is 0 Å². The monoisotopic (exact) mass is 604 g/mol. The number of ether oxygens (including phenoxy) is 1. The van der Waals surface area contributed by atoms with Crippen LogP contribution in [-0.2, 0) is 24.9 Å². The lowest BCUT2D eigenvalue weighted by Crippen LogP contribution is -2.48. The molecule has 13 nitrogen and oxygen atoms in total. The van der Waals surface area contributed by atoms with E-state index in [9.17, 15) is 31.7 Å². The number of nitro groups is 1. The SMILES string of the molecule is COc1cc(/C=N\NC(=O)[C@@H](NS(=O)(=O)c2ccc(C)cc2)C(C)C)ccc1OS(=O)(=O)c1ccc([N+](=O)[O-])cc1. The van der Waals surface area contributed by atoms with Crippen molar-refractivity contribution in [2.24, 2.45) is 11.0 Å². The van der Waals surface area contributed by atoms with E-state index in [1.165, 1.54) is 43.7 Å². The second-order valence-electron chi connectivity index (χ2n) is 9.09. The van der Waals surface area contributed by atoms with Gasteiger partial charge in [-0.05, 0) is 60.9 Å². The second kappa shape index (κ2) is 12.9. The molecule has 0 unspecified atom stereocenters. The lowest BCUT2D eigenvalue weighted by Gasteiger charge is -2.20. The van der Waals surface area contributed by atoms with E-state index in [4.69, 9.17) is 8.92 Å². The normalized spacial score (nSPS) is 12.7. The van der Waals surface area contributed by atoms with E-state index < -0.39 is 42.9 Å². The van der Waals surface area contributed by atoms with Gasteiger partial charge in [0, 0.05) is 12.1 Å². The standard InChI is InChI=1S/C26H28N4O9S2/c1-17(2)25(29-40(34,35)21-10-5-18(3)6-11-21)26(31)28-27-16-19-7-14-23(24(15-19)38-4)39-41(36,37)22-12-8-20(9-13-22)30(32)33/h5-17,25,29H,1-4H3,(H,28,31)/b27-16-/t25-/m0/s1. The van der Waals surface area contributed by atoms with E-state index in [1.54, 1.807) is 26.0 Å². The van der Waals surface area contributed by atoms with Crippen LogP contribution in [0.3, 0.4) is 0 Å². The number of methoxy groups -OCH3 is 1. The highest BCUT2D eigenvalue weighted by Gasteiger charge is 2.28. The summed E-state index contributed by atoms with van der Waals surface area (Å²) in [6, 6.07) is 13.4. The molecule has 0 saturated carbocycles. The smallest absolute Gasteiger partial charge is 0.339 e. The molecule has 1 atom stereocenters. The largest absolute Gasteiger partial charge is 0.493 e. The third-order valence-corrected chi connectivity index (χ3v) is 8.38. The predicted molar refractivity (Wildman–Crippen MR) is 150 cm³/mol. The first kappa shape index (κ1) is 31.2. The summed E-state index contributed by atoms with van der Waals surface area (Å²) in [4.78, 5) is 22.6. The highest BCUT2D eigenvalue weighted by atomic mass is 32.2. The first-order valence-electron chi connectivity index (χ1n) is 12.0. The number of nitrogens with zero attached hydrogens (tertiary/aromatic N) is 2. The third kappa shape index (κ3) is 8.09. The van der Waals surface area contributed by atoms with Gasteiger partial charge in [-0.2, -0.15) is 18.2 Å². The molecule has 2 N–H and O–H groups in total. The van der Waals surface area contributed by atoms with E-state index in [2.05, 4.69) is 15.2 Å². The van der Waals surface area contributed by atoms with Gasteiger partial charge in [-0.25, -0.2) is 13.8 Å². The zero-order chi connectivity index (χ0) is 30.4. The summed E-state index contributed by atoms with van der Waals surface area (Å²) in [5.74, 6) is -1.22. The molecule has 0 fully saturated rings. The molecule has 0 aromatic heterocycles. The Morgan fingerprint density at radius 1 is 0.951 bits per heavy atom. The van der Waals surface area contributed by atoms with Crippen LogP contribution >= 0.6 is 0 Å². The molecule has 0 radical (unpaired) electrons. The number of rotatable bonds is 12. The van der Waals surface area contributed by atoms with Crippen molar-refractivity contribution in [3.63, 3.8) is 0 Å². The minimum atomic E-state index is -4.33. The zero-order valence-corrected chi connectivity index (χ0v) is 24.1. The van der Waals surface area contributed by atoms with Crippen molar-refractivity contribution in [2.45, 2.75) is 36.6 Å². The van der Waals surface area contributed by atoms with E-state index in [-0.39, 0.29) is 27.0 Å². The Labute approximate surface area is 237 Å². The number of carbonyl (C=O) groups is 1. The number of non-ortho nitro benzene ring substituents is 1. The maximum atomic E-state index is 12.8. The van der Waals surface area contributed by atoms with Gasteiger partial charge in [0.05, 0.1) is 23.1 Å². The van der Waals surface area contributed by atoms with Crippen molar-refractivity contribution in [2.75, 3.05) is 7.11 Å². The summed E-state index contributed by atoms with van der Waals surface area (Å²) in [5.41, 5.74) is 3.31. The maximum Gasteiger partial charge on any atom is 0.339 e. The van der Waals surface area contributed by atoms with Crippen molar-refractivity contribution in [3.05, 3.63) is 88.0 Å². The fourth-order valence-corrected chi connectivity index (χ4v) is 5.70. The van der Waals surface area contributed by atoms with Crippen LogP contribution in [0.2, 0.25) is 0 Å². The van der Waals surface area contributed by atoms with Crippen LogP contribution in [0.1, 0.15) is 25.0 Å². The summed E-state index contributed by atoms with van der Waals surface area (Å²) in [7, 11) is -7.02. The summed E-state index contributed by atoms with van der Waals surface area (Å²) in [5, 5.41) is 14.7. The summed E-state index contributed by atoms with van der Waals surface area (Å²) >= 11 is 0. The minimum Gasteiger partial charge on any atom is -0.493 e. The van der Waals surface area contributed by atoms with Gasteiger partial charge >= 0.3 is 10.1 Å². The summed E-state index contributed by atoms with van der Waals surface area (Å²) < 4.78 is 63.6. The van der Waals surface area contributed by atoms with E-state index in [0.717, 1.165) is 29.8 Å². The first-order valence-corrected chi connectivity index (χ1v) is 14.9. The molecular weight excluding hydrogens is 576 g/mol. The first-order chi connectivity index (χ1) is 19.2. The number of nitro benzene ring substituents is 1. The number of benzene rings is 3. The molecule has 1 amide bonds. The molecule has 3 rings (SSSR count). The van der Waals surface area contributed by atoms with Crippen molar-refractivity contribution in [3.8, 4) is 11.5 Å². The molecule has 3 aromatic carbocycles. The van der Waals surface area contributed by atoms with Gasteiger partial charge in [-0.1, -0.05) is 31.5 Å². The van der Waals surface area contributed by atoms with Crippen LogP contribution in [0.5, 0.6) is 11.5 Å². The number of aryl methyl sites for hydroxylation is 1. The van der Waals surface area contributed by atoms with Gasteiger partial charge in [0.25, 0.3) is 11.6 Å². The lowest BCUT2D eigenvalue weighted by atomic mass is 10.1. The Morgan fingerprint density at radius 3 is 2.12 bits per heavy atom. The van der Waals surface area contributed by atoms with Crippen molar-refractivity contribution < 1.29 is 35.5 Å². The average molecular weight is 605 g/mol. The molecule has 0 aliphatic heterocycles. The maximum absolute atomic E-state index is 12.8. The number of carbonyl (C=O) groups excluding carboxylic acids is 1. The predicted octanol–water partition coefficient (Wildman–Crippen LogP) is 3.13. The van der Waals surface area contributed by atoms with Gasteiger partial charge in [0.2, 0.25) is 10.0 Å². The van der Waals surface area contributed by atoms with Crippen molar-refractivity contribution in [1.29, 1.82) is 0 Å². The van der Waals surface area contributed by atoms with Crippen LogP contribution in [0, 0.1) is 23.0 Å². The quantitative estimate of drug-likeness (QED) is 0.136. The third-order valence-electron chi connectivity index (χ3n) is 5.67. The molecule has 0 saturated heterocycles. The van der Waals surface area contributed by atoms with E-state index >= 15 is 0 Å². The lowest BCUT2D eigenvalue weighted by molar-refractivity contribution is -0.384. The molecule has 3 aromatic rings. The van der Waals surface area contributed by atoms with Crippen LogP contribution in [0.4, 0.5) is 5.69 Å². The van der Waals surface area contributed by atoms with E-state index in [1.807, 2.05) is 6.92 Å². The Morgan fingerprint density at radius 2 is 1.56 bits per heavy atom. The molecule has 0 aliphatic carbocycles. The number of hydrazone groups is 1. The van der Waals surface area contributed by atoms with Crippen molar-refractivity contribution >= 4 is 38.0 Å². The van der Waals surface area contributed by atoms with Crippen LogP contribution in [-0.4, -0.2) is 47.0 Å². The molecule has 0 bridgehead atoms. The van der Waals surface area contributed by atoms with Crippen LogP contribution < -0.4 is 19.1 Å². The number of nitrogens with one attached hydrogen (secondary N) is 2. The second-order valence-corrected chi connectivity index (χ2v) is 12.3. The number of hydrogen-bond donors (Lipinski definition) is 2. The Balaban J connectivity index is 1.71. The van der Waals surface area contributed by atoms with Crippen LogP contribution in [0.15, 0.2) is 81.6 Å². The molecule has 0 spiro atoms. The minimum absolute atomic E-state index is 0.0232. The summed E-state index contributed by atoms with van der Waals surface area (Å²) in [6.45, 7) is 5.19. The molecule has 41 heavy (non-hydrogen) atoms. The fourth-order valence-electron chi connectivity index (χ4n) is 3.42. The fraction of sp³-hybridized carbons (Fsp3) is 0.231. The number of amides is 1. The van der Waals surface area contributed by atoms with Crippen molar-refractivity contribution in [1.82, 2.24) is 10.1 Å². The van der Waals surface area contributed by atoms with Gasteiger partial charge in [-0.3, -0.25) is 14.9 Å². The Bertz CT molecular complexity index is 1650. The Hall–Kier alpha value is -4.34. The van der Waals surface area contributed by atoms with Gasteiger partial charge in [0.15, 0.2) is 11.5 Å². The number of sulfonamides is 1. The van der Waals surface area contributed by atoms with Gasteiger partial charge in [0.1, 0.15) is 10.9 Å². The molecule has 0 heterocycles. The summed E-state index contributed by atoms with van der Waals surface area (Å²) in [6.07, 6.45) is 1.25. The molecular formula is C26H28N4O9S2. The van der Waals surface area contributed by atoms with E-state index in [0.29, 0.717) is 5.56 Å². The molecule has 15 heteroatoms. The average Bonchev–Trinajstić information content (AvgIpc) is 2.92. The Kier molecular flexibility index (Phi) is 9.80. The molecule has 218 valence electrons. The number of hydrogen-bond acceptors (Lipinski definition) is 10. The highest BCUT2D eigenvalue weighted by Crippen LogP contribution is 2.31. The zero-order valence-electron chi connectivity index (χ0n) is 22.5. The van der Waals surface area contributed by atoms with Gasteiger partial charge in [-0.15, -0.1) is 0 Å². The topological polar surface area (TPSA) is 183 Å². The van der Waals surface area contributed by atoms with Gasteiger partial charge < -0.3 is 8.92 Å².